The minimum atomic E-state index is -10.7. The van der Waals surface area contributed by atoms with E-state index in [2.05, 4.69) is 137 Å². The van der Waals surface area contributed by atoms with E-state index in [1.165, 1.54) is 0 Å². The van der Waals surface area contributed by atoms with E-state index >= 15 is 0 Å². The number of hydrogen-bond donors (Lipinski definition) is 0. The molecule has 0 saturated carbocycles. The second-order valence-electron chi connectivity index (χ2n) is 19.6. The molecule has 0 saturated heterocycles. The Morgan fingerprint density at radius 1 is 0.250 bits per heavy atom. The van der Waals surface area contributed by atoms with Crippen LogP contribution in [0.2, 0.25) is 0 Å². The van der Waals surface area contributed by atoms with Crippen LogP contribution in [-0.2, 0) is 26.2 Å². The summed E-state index contributed by atoms with van der Waals surface area (Å²) in [6.45, 7) is 2.83. The largest absolute Gasteiger partial charge is 0.250 e. The molecule has 7 aliphatic heterocycles. The van der Waals surface area contributed by atoms with Gasteiger partial charge >= 0.3 is 132 Å². The number of nitrogens with zero attached hydrogens (tertiary/aromatic N) is 14. The van der Waals surface area contributed by atoms with Crippen molar-refractivity contribution < 1.29 is 119 Å². The average molecular weight is 1420 g/mol. The summed E-state index contributed by atoms with van der Waals surface area (Å²) >= 11 is 0. The molecule has 500 valence electrons. The van der Waals surface area contributed by atoms with Gasteiger partial charge in [0.05, 0.1) is 22.7 Å². The van der Waals surface area contributed by atoms with Gasteiger partial charge in [-0.1, -0.05) is 60.7 Å². The molecule has 6 aromatic heterocycles. The minimum absolute atomic E-state index is 0.707. The summed E-state index contributed by atoms with van der Waals surface area (Å²) in [6.07, 6.45) is 24.6. The SMILES string of the molecule is F[P-](F)(F)(F)(F)F.F[P-](F)(F)(F)(F)F.F[P-](F)(F)(F)(F)F.F[P-](F)(F)(F)(F)F.c1cc2nc(c1)-n1cc[n+](c1)Cc1ccc(cc1)N=Nc1ccc(cc1)C[n+]1ccn(c1)-c1cccc(n1)-n1cc[n+](c1)Cc1ccc(cc1)N=Nc1ccc(cc1)C[n+]1ccn-2c1. The maximum atomic E-state index is 9.87. The fourth-order valence-electron chi connectivity index (χ4n) is 7.64. The van der Waals surface area contributed by atoms with E-state index in [0.717, 1.165) is 68.3 Å². The molecule has 4 aromatic carbocycles. The van der Waals surface area contributed by atoms with E-state index in [1.807, 2.05) is 128 Å². The van der Waals surface area contributed by atoms with Crippen molar-refractivity contribution in [1.82, 2.24) is 28.2 Å². The Bertz CT molecular complexity index is 3700. The normalized spacial score (nSPS) is 15.8. The Labute approximate surface area is 500 Å². The van der Waals surface area contributed by atoms with Crippen molar-refractivity contribution in [2.45, 2.75) is 26.2 Å². The number of aromatic nitrogens is 10. The molecule has 20 bridgehead atoms. The second kappa shape index (κ2) is 22.5. The van der Waals surface area contributed by atoms with Crippen molar-refractivity contribution >= 4 is 54.0 Å². The quantitative estimate of drug-likeness (QED) is 0.0856. The van der Waals surface area contributed by atoms with Crippen molar-refractivity contribution in [1.29, 1.82) is 0 Å². The van der Waals surface area contributed by atoms with Crippen LogP contribution in [0, 0.1) is 0 Å². The van der Waals surface area contributed by atoms with Crippen LogP contribution in [-0.4, -0.2) is 28.2 Å². The van der Waals surface area contributed by atoms with Gasteiger partial charge in [0.15, 0.2) is 0 Å². The number of rotatable bonds is 0. The molecule has 14 nitrogen and oxygen atoms in total. The standard InChI is InChI=1S/C50H42N14.4F6P/c1-3-47-51-48(4-1)62-28-24-58(36-62)32-40-9-17-44(18-10-40)54-56-46-21-13-42(14-22-46)34-60-26-30-64(38-60)50-6-2-5-49(52-50)63-29-25-59(37-63)33-41-11-19-45(20-12-41)55-53-43-15-7-39(8-16-43)31-57-23-27-61(47)35-57;4*1-7(2,3,4,5)6/h1-30,35-38H,31-34H2;;;;/q+4;4*-1. The van der Waals surface area contributed by atoms with Crippen molar-refractivity contribution in [3.63, 3.8) is 0 Å². The molecule has 0 atom stereocenters. The monoisotopic (exact) mass is 1420 g/mol. The van der Waals surface area contributed by atoms with E-state index in [1.54, 1.807) is 0 Å². The molecule has 92 heavy (non-hydrogen) atoms. The van der Waals surface area contributed by atoms with E-state index < -0.39 is 31.2 Å². The predicted octanol–water partition coefficient (Wildman–Crippen LogP) is 21.7. The first kappa shape index (κ1) is 70.7. The van der Waals surface area contributed by atoms with Crippen LogP contribution in [0.25, 0.3) is 23.3 Å². The fraction of sp³-hybridized carbons (Fsp3) is 0.0800. The Hall–Kier alpha value is -8.74. The zero-order valence-corrected chi connectivity index (χ0v) is 49.2. The first-order valence-corrected chi connectivity index (χ1v) is 33.2. The van der Waals surface area contributed by atoms with E-state index in [4.69, 9.17) is 9.97 Å². The van der Waals surface area contributed by atoms with E-state index in [-0.39, 0.29) is 0 Å². The molecule has 42 heteroatoms. The second-order valence-corrected chi connectivity index (χ2v) is 27.2. The summed E-state index contributed by atoms with van der Waals surface area (Å²) in [5.41, 5.74) is 7.80. The topological polar surface area (TPSA) is 110 Å². The molecule has 13 heterocycles. The Morgan fingerprint density at radius 2 is 0.413 bits per heavy atom. The van der Waals surface area contributed by atoms with Crippen LogP contribution < -0.4 is 18.3 Å². The smallest absolute Gasteiger partial charge is 0.232 e. The van der Waals surface area contributed by atoms with Crippen LogP contribution in [0.15, 0.2) is 229 Å². The van der Waals surface area contributed by atoms with E-state index in [9.17, 15) is 101 Å². The molecule has 7 aliphatic rings. The summed E-state index contributed by atoms with van der Waals surface area (Å²) < 4.78 is 253. The van der Waals surface area contributed by atoms with Crippen molar-refractivity contribution in [2.24, 2.45) is 20.5 Å². The molecule has 0 amide bonds. The molecule has 0 N–H and O–H groups in total. The number of benzene rings is 4. The van der Waals surface area contributed by atoms with Gasteiger partial charge in [0.2, 0.25) is 23.3 Å². The van der Waals surface area contributed by atoms with Gasteiger partial charge in [-0.15, -0.1) is 0 Å². The van der Waals surface area contributed by atoms with Crippen molar-refractivity contribution in [2.75, 3.05) is 0 Å². The third-order valence-corrected chi connectivity index (χ3v) is 11.0. The Kier molecular flexibility index (Phi) is 17.3. The molecule has 17 rings (SSSR count). The zero-order valence-electron chi connectivity index (χ0n) is 45.6. The first-order valence-electron chi connectivity index (χ1n) is 25.1. The maximum Gasteiger partial charge on any atom is 0.250 e. The van der Waals surface area contributed by atoms with Crippen LogP contribution >= 0.6 is 31.2 Å². The van der Waals surface area contributed by atoms with Crippen molar-refractivity contribution in [3.8, 4) is 23.3 Å². The molecular weight excluding hydrogens is 1380 g/mol. The predicted molar refractivity (Wildman–Crippen MR) is 291 cm³/mol. The third kappa shape index (κ3) is 31.3. The summed E-state index contributed by atoms with van der Waals surface area (Å²) in [7, 11) is -42.6. The third-order valence-electron chi connectivity index (χ3n) is 11.0. The van der Waals surface area contributed by atoms with Gasteiger partial charge in [-0.05, 0) is 70.8 Å². The number of azo groups is 2. The molecule has 0 unspecified atom stereocenters. The molecule has 0 spiro atoms. The molecule has 0 fully saturated rings. The maximum absolute atomic E-state index is 10.7. The average Bonchev–Trinajstić information content (AvgIpc) is 0.999. The fourth-order valence-corrected chi connectivity index (χ4v) is 7.64. The molecule has 0 radical (unpaired) electrons. The summed E-state index contributed by atoms with van der Waals surface area (Å²) in [5.74, 6) is 3.32. The Balaban J connectivity index is 0.000000358. The van der Waals surface area contributed by atoms with Gasteiger partial charge in [0, 0.05) is 24.3 Å². The van der Waals surface area contributed by atoms with Gasteiger partial charge in [-0.25, -0.2) is 18.3 Å². The van der Waals surface area contributed by atoms with Gasteiger partial charge < -0.3 is 0 Å². The number of hydrogen-bond acceptors (Lipinski definition) is 6. The first-order chi connectivity index (χ1) is 41.4. The van der Waals surface area contributed by atoms with Gasteiger partial charge in [-0.2, -0.15) is 48.7 Å². The van der Waals surface area contributed by atoms with Gasteiger partial charge in [0.1, 0.15) is 75.8 Å². The van der Waals surface area contributed by atoms with Crippen LogP contribution in [0.4, 0.5) is 123 Å². The van der Waals surface area contributed by atoms with Gasteiger partial charge in [-0.3, -0.25) is 0 Å². The van der Waals surface area contributed by atoms with Crippen molar-refractivity contribution in [3.05, 3.63) is 231 Å². The minimum Gasteiger partial charge on any atom is -0.232 e. The van der Waals surface area contributed by atoms with Crippen LogP contribution in [0.1, 0.15) is 22.3 Å². The summed E-state index contributed by atoms with van der Waals surface area (Å²) in [5, 5.41) is 18.0. The molecule has 10 aromatic rings. The Morgan fingerprint density at radius 3 is 0.576 bits per heavy atom. The summed E-state index contributed by atoms with van der Waals surface area (Å²) in [4.78, 5) is 9.95. The number of pyridine rings is 2. The van der Waals surface area contributed by atoms with Crippen LogP contribution in [0.5, 0.6) is 0 Å². The number of imidazole rings is 4. The van der Waals surface area contributed by atoms with Gasteiger partial charge in [0.25, 0.3) is 25.3 Å². The summed E-state index contributed by atoms with van der Waals surface area (Å²) in [6, 6.07) is 44.8. The molecular formula is C50H42F24N14P4. The van der Waals surface area contributed by atoms with Crippen LogP contribution in [0.3, 0.4) is 0 Å². The zero-order chi connectivity index (χ0) is 68.3. The number of halogens is 24. The van der Waals surface area contributed by atoms with E-state index in [0.29, 0.717) is 26.2 Å². The molecule has 0 aliphatic carbocycles.